The predicted octanol–water partition coefficient (Wildman–Crippen LogP) is 2.86. The molecule has 8 nitrogen and oxygen atoms in total. The fourth-order valence-corrected chi connectivity index (χ4v) is 4.73. The molecular formula is C23H28N6O2. The number of aryl methyl sites for hydroxylation is 1. The average molecular weight is 421 g/mol. The number of aromatic nitrogens is 4. The summed E-state index contributed by atoms with van der Waals surface area (Å²) >= 11 is 0. The van der Waals surface area contributed by atoms with Crippen LogP contribution in [0, 0.1) is 5.92 Å². The molecule has 3 aromatic rings. The number of rotatable bonds is 4. The van der Waals surface area contributed by atoms with E-state index in [1.165, 1.54) is 0 Å². The third-order valence-electron chi connectivity index (χ3n) is 6.50. The van der Waals surface area contributed by atoms with Crippen molar-refractivity contribution in [3.05, 3.63) is 36.7 Å². The maximum atomic E-state index is 12.9. The number of hydrogen-bond donors (Lipinski definition) is 1. The smallest absolute Gasteiger partial charge is 0.228 e. The van der Waals surface area contributed by atoms with Crippen molar-refractivity contribution in [2.24, 2.45) is 13.0 Å². The van der Waals surface area contributed by atoms with Gasteiger partial charge < -0.3 is 10.1 Å². The Kier molecular flexibility index (Phi) is 5.65. The molecule has 1 aromatic carbocycles. The van der Waals surface area contributed by atoms with Crippen molar-refractivity contribution in [2.75, 3.05) is 31.6 Å². The van der Waals surface area contributed by atoms with E-state index >= 15 is 0 Å². The molecule has 3 heterocycles. The lowest BCUT2D eigenvalue weighted by molar-refractivity contribution is -0.121. The van der Waals surface area contributed by atoms with E-state index in [9.17, 15) is 4.79 Å². The van der Waals surface area contributed by atoms with E-state index in [4.69, 9.17) is 4.74 Å². The lowest BCUT2D eigenvalue weighted by atomic mass is 9.84. The van der Waals surface area contributed by atoms with E-state index in [1.807, 2.05) is 37.6 Å². The van der Waals surface area contributed by atoms with Gasteiger partial charge >= 0.3 is 0 Å². The Labute approximate surface area is 181 Å². The highest BCUT2D eigenvalue weighted by molar-refractivity contribution is 5.94. The van der Waals surface area contributed by atoms with Gasteiger partial charge in [0.2, 0.25) is 5.91 Å². The van der Waals surface area contributed by atoms with Crippen molar-refractivity contribution in [1.29, 1.82) is 0 Å². The molecule has 1 saturated heterocycles. The molecule has 31 heavy (non-hydrogen) atoms. The van der Waals surface area contributed by atoms with Crippen LogP contribution in [0.25, 0.3) is 22.0 Å². The maximum absolute atomic E-state index is 12.9. The van der Waals surface area contributed by atoms with Crippen LogP contribution >= 0.6 is 0 Å². The van der Waals surface area contributed by atoms with Crippen LogP contribution in [0.3, 0.4) is 0 Å². The highest BCUT2D eigenvalue weighted by Crippen LogP contribution is 2.29. The Balaban J connectivity index is 1.24. The van der Waals surface area contributed by atoms with Gasteiger partial charge in [-0.25, -0.2) is 0 Å². The van der Waals surface area contributed by atoms with Crippen LogP contribution in [-0.4, -0.2) is 63.1 Å². The number of hydrogen-bond acceptors (Lipinski definition) is 6. The van der Waals surface area contributed by atoms with Gasteiger partial charge in [-0.15, -0.1) is 10.2 Å². The van der Waals surface area contributed by atoms with E-state index in [1.54, 1.807) is 4.68 Å². The van der Waals surface area contributed by atoms with Crippen molar-refractivity contribution in [3.8, 4) is 11.1 Å². The predicted molar refractivity (Wildman–Crippen MR) is 119 cm³/mol. The molecule has 5 rings (SSSR count). The minimum absolute atomic E-state index is 0.0384. The number of nitrogens with one attached hydrogen (secondary N) is 1. The zero-order valence-corrected chi connectivity index (χ0v) is 17.8. The van der Waals surface area contributed by atoms with Crippen LogP contribution in [0.1, 0.15) is 25.7 Å². The van der Waals surface area contributed by atoms with Crippen molar-refractivity contribution >= 4 is 22.6 Å². The minimum Gasteiger partial charge on any atom is -0.379 e. The summed E-state index contributed by atoms with van der Waals surface area (Å²) in [7, 11) is 1.90. The summed E-state index contributed by atoms with van der Waals surface area (Å²) < 4.78 is 7.24. The summed E-state index contributed by atoms with van der Waals surface area (Å²) in [5, 5.41) is 16.7. The van der Waals surface area contributed by atoms with Gasteiger partial charge in [0, 0.05) is 49.2 Å². The van der Waals surface area contributed by atoms with Crippen molar-refractivity contribution in [3.63, 3.8) is 0 Å². The summed E-state index contributed by atoms with van der Waals surface area (Å²) in [4.78, 5) is 15.4. The standard InChI is InChI=1S/C23H28N6O2/c1-28-15-19(14-24-28)17-4-7-21-18(12-17)13-22(27-26-21)25-23(30)16-2-5-20(6-3-16)29-8-10-31-11-9-29/h4,7,12-16,20H,2-3,5-6,8-11H2,1H3,(H,25,27,30). The summed E-state index contributed by atoms with van der Waals surface area (Å²) in [6.45, 7) is 3.66. The van der Waals surface area contributed by atoms with Crippen LogP contribution in [0.4, 0.5) is 5.82 Å². The van der Waals surface area contributed by atoms with Crippen molar-refractivity contribution in [2.45, 2.75) is 31.7 Å². The van der Waals surface area contributed by atoms with Gasteiger partial charge in [0.1, 0.15) is 0 Å². The molecule has 2 fully saturated rings. The normalized spacial score (nSPS) is 22.5. The summed E-state index contributed by atoms with van der Waals surface area (Å²) in [6.07, 6.45) is 7.78. The highest BCUT2D eigenvalue weighted by atomic mass is 16.5. The number of carbonyl (C=O) groups is 1. The van der Waals surface area contributed by atoms with Crippen LogP contribution in [0.15, 0.2) is 36.7 Å². The van der Waals surface area contributed by atoms with Crippen LogP contribution in [0.2, 0.25) is 0 Å². The Morgan fingerprint density at radius 2 is 1.87 bits per heavy atom. The number of nitrogens with zero attached hydrogens (tertiary/aromatic N) is 5. The van der Waals surface area contributed by atoms with Crippen LogP contribution in [-0.2, 0) is 16.6 Å². The average Bonchev–Trinajstić information content (AvgIpc) is 3.25. The number of anilines is 1. The topological polar surface area (TPSA) is 85.2 Å². The molecule has 8 heteroatoms. The van der Waals surface area contributed by atoms with Gasteiger partial charge in [-0.05, 0) is 49.4 Å². The number of morpholine rings is 1. The van der Waals surface area contributed by atoms with Gasteiger partial charge in [0.15, 0.2) is 5.82 Å². The first-order valence-electron chi connectivity index (χ1n) is 11.0. The zero-order chi connectivity index (χ0) is 21.2. The quantitative estimate of drug-likeness (QED) is 0.699. The molecule has 1 aliphatic heterocycles. The monoisotopic (exact) mass is 420 g/mol. The van der Waals surface area contributed by atoms with Crippen LogP contribution in [0.5, 0.6) is 0 Å². The van der Waals surface area contributed by atoms with Crippen molar-refractivity contribution in [1.82, 2.24) is 24.9 Å². The zero-order valence-electron chi connectivity index (χ0n) is 17.8. The number of carbonyl (C=O) groups excluding carboxylic acids is 1. The molecule has 0 unspecified atom stereocenters. The largest absolute Gasteiger partial charge is 0.379 e. The summed E-state index contributed by atoms with van der Waals surface area (Å²) in [6, 6.07) is 8.51. The molecule has 1 N–H and O–H groups in total. The molecule has 2 aliphatic rings. The van der Waals surface area contributed by atoms with E-state index in [2.05, 4.69) is 31.6 Å². The molecule has 0 spiro atoms. The minimum atomic E-state index is 0.0384. The Hall–Kier alpha value is -2.84. The molecule has 0 radical (unpaired) electrons. The van der Waals surface area contributed by atoms with Gasteiger partial charge in [0.05, 0.1) is 24.9 Å². The molecule has 1 saturated carbocycles. The second-order valence-electron chi connectivity index (χ2n) is 8.55. The van der Waals surface area contributed by atoms with E-state index in [0.29, 0.717) is 11.9 Å². The molecule has 0 atom stereocenters. The molecule has 2 aromatic heterocycles. The first kappa shape index (κ1) is 20.1. The number of benzene rings is 1. The number of fused-ring (bicyclic) bond motifs is 1. The molecular weight excluding hydrogens is 392 g/mol. The SMILES string of the molecule is Cn1cc(-c2ccc3nnc(NC(=O)C4CCC(N5CCOCC5)CC4)cc3c2)cn1. The van der Waals surface area contributed by atoms with E-state index in [0.717, 1.165) is 74.0 Å². The first-order chi connectivity index (χ1) is 15.2. The van der Waals surface area contributed by atoms with E-state index in [-0.39, 0.29) is 11.8 Å². The lowest BCUT2D eigenvalue weighted by Crippen LogP contribution is -2.45. The second kappa shape index (κ2) is 8.72. The molecule has 1 aliphatic carbocycles. The highest BCUT2D eigenvalue weighted by Gasteiger charge is 2.30. The Morgan fingerprint density at radius 1 is 1.06 bits per heavy atom. The van der Waals surface area contributed by atoms with Gasteiger partial charge in [0.25, 0.3) is 0 Å². The third-order valence-corrected chi connectivity index (χ3v) is 6.50. The number of ether oxygens (including phenoxy) is 1. The number of amides is 1. The van der Waals surface area contributed by atoms with Gasteiger partial charge in [-0.1, -0.05) is 6.07 Å². The van der Waals surface area contributed by atoms with Gasteiger partial charge in [-0.3, -0.25) is 14.4 Å². The molecule has 1 amide bonds. The third kappa shape index (κ3) is 4.45. The fraction of sp³-hybridized carbons (Fsp3) is 0.478. The van der Waals surface area contributed by atoms with Crippen LogP contribution < -0.4 is 5.32 Å². The fourth-order valence-electron chi connectivity index (χ4n) is 4.73. The molecule has 0 bridgehead atoms. The van der Waals surface area contributed by atoms with E-state index < -0.39 is 0 Å². The maximum Gasteiger partial charge on any atom is 0.228 e. The van der Waals surface area contributed by atoms with Gasteiger partial charge in [-0.2, -0.15) is 5.10 Å². The summed E-state index contributed by atoms with van der Waals surface area (Å²) in [5.41, 5.74) is 2.91. The Morgan fingerprint density at radius 3 is 2.61 bits per heavy atom. The van der Waals surface area contributed by atoms with Crippen molar-refractivity contribution < 1.29 is 9.53 Å². The Bertz CT molecular complexity index is 1070. The summed E-state index contributed by atoms with van der Waals surface area (Å²) in [5.74, 6) is 0.602. The lowest BCUT2D eigenvalue weighted by Gasteiger charge is -2.38. The second-order valence-corrected chi connectivity index (χ2v) is 8.55. The molecule has 162 valence electrons. The first-order valence-corrected chi connectivity index (χ1v) is 11.0.